The van der Waals surface area contributed by atoms with Crippen LogP contribution in [0.3, 0.4) is 0 Å². The molecule has 3 atom stereocenters. The van der Waals surface area contributed by atoms with E-state index in [1.807, 2.05) is 0 Å². The third-order valence-electron chi connectivity index (χ3n) is 5.59. The van der Waals surface area contributed by atoms with Crippen LogP contribution in [0.2, 0.25) is 0 Å². The second kappa shape index (κ2) is 7.95. The molecule has 3 unspecified atom stereocenters. The molecule has 0 spiro atoms. The molecule has 0 heterocycles. The predicted molar refractivity (Wildman–Crippen MR) is 90.9 cm³/mol. The Kier molecular flexibility index (Phi) is 6.25. The first kappa shape index (κ1) is 16.5. The van der Waals surface area contributed by atoms with Crippen molar-refractivity contribution < 1.29 is 0 Å². The molecule has 0 saturated heterocycles. The molecule has 0 bridgehead atoms. The van der Waals surface area contributed by atoms with E-state index in [4.69, 9.17) is 5.84 Å². The molecule has 0 aliphatic heterocycles. The third kappa shape index (κ3) is 4.08. The summed E-state index contributed by atoms with van der Waals surface area (Å²) in [5.41, 5.74) is 4.64. The summed E-state index contributed by atoms with van der Waals surface area (Å²) in [6.45, 7) is 7.04. The summed E-state index contributed by atoms with van der Waals surface area (Å²) in [4.78, 5) is 0. The number of nitrogens with two attached hydrogens (primary N) is 1. The highest BCUT2D eigenvalue weighted by atomic mass is 15.2. The molecule has 1 fully saturated rings. The zero-order valence-electron chi connectivity index (χ0n) is 13.9. The van der Waals surface area contributed by atoms with Gasteiger partial charge in [-0.05, 0) is 36.2 Å². The van der Waals surface area contributed by atoms with Gasteiger partial charge in [0, 0.05) is 12.0 Å². The van der Waals surface area contributed by atoms with Gasteiger partial charge in [0.2, 0.25) is 0 Å². The molecule has 2 rings (SSSR count). The molecular formula is C19H32N2. The van der Waals surface area contributed by atoms with Crippen LogP contribution in [0, 0.1) is 17.8 Å². The van der Waals surface area contributed by atoms with Gasteiger partial charge in [0.25, 0.3) is 0 Å². The van der Waals surface area contributed by atoms with Gasteiger partial charge in [0.1, 0.15) is 0 Å². The monoisotopic (exact) mass is 288 g/mol. The number of hydrogen-bond acceptors (Lipinski definition) is 2. The van der Waals surface area contributed by atoms with Gasteiger partial charge in [-0.2, -0.15) is 0 Å². The van der Waals surface area contributed by atoms with Crippen LogP contribution in [-0.2, 0) is 0 Å². The SMILES string of the molecule is CCC(C)C(c1ccccc1)C(NN)C1CCC(C)CC1. The van der Waals surface area contributed by atoms with Crippen LogP contribution in [0.5, 0.6) is 0 Å². The quantitative estimate of drug-likeness (QED) is 0.598. The van der Waals surface area contributed by atoms with E-state index in [1.54, 1.807) is 0 Å². The normalized spacial score (nSPS) is 27.0. The zero-order chi connectivity index (χ0) is 15.2. The second-order valence-electron chi connectivity index (χ2n) is 7.03. The smallest absolute Gasteiger partial charge is 0.0309 e. The first-order chi connectivity index (χ1) is 10.2. The van der Waals surface area contributed by atoms with Crippen molar-refractivity contribution in [3.05, 3.63) is 35.9 Å². The van der Waals surface area contributed by atoms with Gasteiger partial charge in [-0.15, -0.1) is 0 Å². The summed E-state index contributed by atoms with van der Waals surface area (Å²) in [6, 6.07) is 11.3. The molecule has 1 aromatic carbocycles. The van der Waals surface area contributed by atoms with Gasteiger partial charge < -0.3 is 0 Å². The maximum absolute atomic E-state index is 6.02. The van der Waals surface area contributed by atoms with E-state index in [2.05, 4.69) is 56.5 Å². The molecule has 21 heavy (non-hydrogen) atoms. The van der Waals surface area contributed by atoms with E-state index >= 15 is 0 Å². The van der Waals surface area contributed by atoms with Crippen molar-refractivity contribution in [1.29, 1.82) is 0 Å². The summed E-state index contributed by atoms with van der Waals surface area (Å²) in [5.74, 6) is 8.78. The van der Waals surface area contributed by atoms with Crippen LogP contribution < -0.4 is 11.3 Å². The Morgan fingerprint density at radius 2 is 1.76 bits per heavy atom. The fraction of sp³-hybridized carbons (Fsp3) is 0.684. The van der Waals surface area contributed by atoms with Crippen LogP contribution in [0.4, 0.5) is 0 Å². The number of hydrazine groups is 1. The topological polar surface area (TPSA) is 38.0 Å². The summed E-state index contributed by atoms with van der Waals surface area (Å²) in [5, 5.41) is 0. The highest BCUT2D eigenvalue weighted by Gasteiger charge is 2.34. The van der Waals surface area contributed by atoms with E-state index in [1.165, 1.54) is 37.7 Å². The van der Waals surface area contributed by atoms with Gasteiger partial charge in [-0.3, -0.25) is 11.3 Å². The van der Waals surface area contributed by atoms with Gasteiger partial charge in [-0.25, -0.2) is 0 Å². The fourth-order valence-electron chi connectivity index (χ4n) is 4.00. The summed E-state index contributed by atoms with van der Waals surface area (Å²) in [7, 11) is 0. The average Bonchev–Trinajstić information content (AvgIpc) is 2.53. The van der Waals surface area contributed by atoms with Crippen LogP contribution in [-0.4, -0.2) is 6.04 Å². The number of rotatable bonds is 6. The first-order valence-corrected chi connectivity index (χ1v) is 8.68. The molecule has 1 aliphatic rings. The number of nitrogens with one attached hydrogen (secondary N) is 1. The molecule has 0 aromatic heterocycles. The Balaban J connectivity index is 2.21. The standard InChI is InChI=1S/C19H32N2/c1-4-15(3)18(16-8-6-5-7-9-16)19(21-20)17-12-10-14(2)11-13-17/h5-9,14-15,17-19,21H,4,10-13,20H2,1-3H3. The van der Waals surface area contributed by atoms with Crippen molar-refractivity contribution in [3.8, 4) is 0 Å². The fourth-order valence-corrected chi connectivity index (χ4v) is 4.00. The third-order valence-corrected chi connectivity index (χ3v) is 5.59. The minimum absolute atomic E-state index is 0.398. The Labute approximate surface area is 130 Å². The molecule has 0 amide bonds. The Bertz CT molecular complexity index is 395. The van der Waals surface area contributed by atoms with Crippen LogP contribution in [0.25, 0.3) is 0 Å². The minimum Gasteiger partial charge on any atom is -0.271 e. The van der Waals surface area contributed by atoms with Crippen molar-refractivity contribution >= 4 is 0 Å². The summed E-state index contributed by atoms with van der Waals surface area (Å²) in [6.07, 6.45) is 6.53. The number of benzene rings is 1. The van der Waals surface area contributed by atoms with Crippen molar-refractivity contribution in [3.63, 3.8) is 0 Å². The molecule has 3 N–H and O–H groups in total. The lowest BCUT2D eigenvalue weighted by molar-refractivity contribution is 0.186. The average molecular weight is 288 g/mol. The lowest BCUT2D eigenvalue weighted by Crippen LogP contribution is -2.47. The molecule has 1 saturated carbocycles. The highest BCUT2D eigenvalue weighted by Crippen LogP contribution is 2.39. The largest absolute Gasteiger partial charge is 0.271 e. The van der Waals surface area contributed by atoms with Crippen LogP contribution in [0.15, 0.2) is 30.3 Å². The molecule has 0 radical (unpaired) electrons. The predicted octanol–water partition coefficient (Wildman–Crippen LogP) is 4.47. The van der Waals surface area contributed by atoms with Crippen molar-refractivity contribution in [2.45, 2.75) is 64.8 Å². The molecule has 118 valence electrons. The zero-order valence-corrected chi connectivity index (χ0v) is 13.9. The molecule has 2 nitrogen and oxygen atoms in total. The lowest BCUT2D eigenvalue weighted by atomic mass is 9.70. The Hall–Kier alpha value is -0.860. The van der Waals surface area contributed by atoms with Crippen molar-refractivity contribution in [2.24, 2.45) is 23.6 Å². The van der Waals surface area contributed by atoms with Gasteiger partial charge in [-0.1, -0.05) is 70.4 Å². The van der Waals surface area contributed by atoms with Crippen LogP contribution >= 0.6 is 0 Å². The number of hydrogen-bond donors (Lipinski definition) is 2. The van der Waals surface area contributed by atoms with Crippen molar-refractivity contribution in [2.75, 3.05) is 0 Å². The molecule has 1 aromatic rings. The second-order valence-corrected chi connectivity index (χ2v) is 7.03. The van der Waals surface area contributed by atoms with Gasteiger partial charge in [0.05, 0.1) is 0 Å². The highest BCUT2D eigenvalue weighted by molar-refractivity contribution is 5.22. The van der Waals surface area contributed by atoms with E-state index in [0.717, 1.165) is 5.92 Å². The maximum atomic E-state index is 6.02. The van der Waals surface area contributed by atoms with E-state index < -0.39 is 0 Å². The maximum Gasteiger partial charge on any atom is 0.0309 e. The Morgan fingerprint density at radius 1 is 1.14 bits per heavy atom. The molecular weight excluding hydrogens is 256 g/mol. The first-order valence-electron chi connectivity index (χ1n) is 8.68. The van der Waals surface area contributed by atoms with E-state index in [-0.39, 0.29) is 0 Å². The minimum atomic E-state index is 0.398. The lowest BCUT2D eigenvalue weighted by Gasteiger charge is -2.39. The van der Waals surface area contributed by atoms with Crippen molar-refractivity contribution in [1.82, 2.24) is 5.43 Å². The van der Waals surface area contributed by atoms with Gasteiger partial charge >= 0.3 is 0 Å². The van der Waals surface area contributed by atoms with E-state index in [9.17, 15) is 0 Å². The Morgan fingerprint density at radius 3 is 2.29 bits per heavy atom. The molecule has 1 aliphatic carbocycles. The summed E-state index contributed by atoms with van der Waals surface area (Å²) >= 11 is 0. The molecule has 2 heteroatoms. The van der Waals surface area contributed by atoms with Crippen LogP contribution in [0.1, 0.15) is 64.4 Å². The summed E-state index contributed by atoms with van der Waals surface area (Å²) < 4.78 is 0. The van der Waals surface area contributed by atoms with Gasteiger partial charge in [0.15, 0.2) is 0 Å². The van der Waals surface area contributed by atoms with E-state index in [0.29, 0.717) is 23.8 Å².